The Morgan fingerprint density at radius 1 is 1.21 bits per heavy atom. The lowest BCUT2D eigenvalue weighted by molar-refractivity contribution is 0.0328. The van der Waals surface area contributed by atoms with E-state index in [1.165, 1.54) is 32.1 Å². The van der Waals surface area contributed by atoms with E-state index in [4.69, 9.17) is 4.74 Å². The van der Waals surface area contributed by atoms with Gasteiger partial charge in [0.15, 0.2) is 0 Å². The van der Waals surface area contributed by atoms with E-state index in [9.17, 15) is 5.11 Å². The molecule has 0 saturated heterocycles. The van der Waals surface area contributed by atoms with Crippen molar-refractivity contribution < 1.29 is 9.84 Å². The van der Waals surface area contributed by atoms with Crippen LogP contribution >= 0.6 is 0 Å². The first kappa shape index (κ1) is 16.9. The first-order valence-electron chi connectivity index (χ1n) is 8.08. The van der Waals surface area contributed by atoms with Gasteiger partial charge in [-0.25, -0.2) is 0 Å². The summed E-state index contributed by atoms with van der Waals surface area (Å²) in [5.41, 5.74) is 0. The molecule has 1 rings (SSSR count). The van der Waals surface area contributed by atoms with E-state index >= 15 is 0 Å². The molecular weight excluding hydrogens is 238 g/mol. The molecule has 0 spiro atoms. The molecule has 1 unspecified atom stereocenters. The van der Waals surface area contributed by atoms with E-state index in [-0.39, 0.29) is 6.10 Å². The summed E-state index contributed by atoms with van der Waals surface area (Å²) in [5, 5.41) is 13.3. The zero-order chi connectivity index (χ0) is 14.1. The molecule has 0 aromatic heterocycles. The highest BCUT2D eigenvalue weighted by atomic mass is 16.5. The van der Waals surface area contributed by atoms with E-state index < -0.39 is 0 Å². The van der Waals surface area contributed by atoms with Crippen LogP contribution in [0.1, 0.15) is 59.3 Å². The third-order valence-electron chi connectivity index (χ3n) is 4.16. The van der Waals surface area contributed by atoms with E-state index in [2.05, 4.69) is 26.1 Å². The molecule has 0 aliphatic heterocycles. The summed E-state index contributed by atoms with van der Waals surface area (Å²) in [5.74, 6) is 1.54. The average Bonchev–Trinajstić information content (AvgIpc) is 2.89. The maximum absolute atomic E-state index is 9.86. The van der Waals surface area contributed by atoms with Crippen LogP contribution in [0.25, 0.3) is 0 Å². The van der Waals surface area contributed by atoms with Crippen LogP contribution in [0.4, 0.5) is 0 Å². The van der Waals surface area contributed by atoms with Gasteiger partial charge in [-0.05, 0) is 44.4 Å². The van der Waals surface area contributed by atoms with Crippen molar-refractivity contribution in [1.29, 1.82) is 0 Å². The number of ether oxygens (including phenoxy) is 1. The van der Waals surface area contributed by atoms with Gasteiger partial charge in [0.05, 0.1) is 12.7 Å². The summed E-state index contributed by atoms with van der Waals surface area (Å²) < 4.78 is 5.51. The van der Waals surface area contributed by atoms with Crippen molar-refractivity contribution in [3.05, 3.63) is 0 Å². The van der Waals surface area contributed by atoms with E-state index in [1.807, 2.05) is 0 Å². The zero-order valence-electron chi connectivity index (χ0n) is 13.0. The molecular formula is C16H33NO2. The van der Waals surface area contributed by atoms with Gasteiger partial charge in [-0.1, -0.05) is 26.7 Å². The molecule has 3 heteroatoms. The Hall–Kier alpha value is -0.120. The summed E-state index contributed by atoms with van der Waals surface area (Å²) in [6.45, 7) is 8.58. The highest BCUT2D eigenvalue weighted by Crippen LogP contribution is 2.27. The van der Waals surface area contributed by atoms with E-state index in [0.29, 0.717) is 19.2 Å². The number of nitrogens with one attached hydrogen (secondary N) is 1. The Labute approximate surface area is 119 Å². The molecule has 2 atom stereocenters. The van der Waals surface area contributed by atoms with Gasteiger partial charge in [0.2, 0.25) is 0 Å². The minimum Gasteiger partial charge on any atom is -0.389 e. The molecule has 1 aliphatic carbocycles. The van der Waals surface area contributed by atoms with Crippen LogP contribution in [0, 0.1) is 11.8 Å². The van der Waals surface area contributed by atoms with Crippen molar-refractivity contribution in [2.75, 3.05) is 19.8 Å². The molecule has 19 heavy (non-hydrogen) atoms. The molecule has 0 heterocycles. The fourth-order valence-electron chi connectivity index (χ4n) is 2.82. The monoisotopic (exact) mass is 271 g/mol. The van der Waals surface area contributed by atoms with Gasteiger partial charge in [0.25, 0.3) is 0 Å². The fraction of sp³-hybridized carbons (Fsp3) is 1.00. The van der Waals surface area contributed by atoms with Gasteiger partial charge < -0.3 is 15.2 Å². The molecule has 0 aromatic rings. The predicted octanol–water partition coefficient (Wildman–Crippen LogP) is 2.97. The molecule has 0 bridgehead atoms. The van der Waals surface area contributed by atoms with E-state index in [1.54, 1.807) is 0 Å². The lowest BCUT2D eigenvalue weighted by Crippen LogP contribution is -2.39. The van der Waals surface area contributed by atoms with Gasteiger partial charge in [-0.2, -0.15) is 0 Å². The second kappa shape index (κ2) is 9.73. The lowest BCUT2D eigenvalue weighted by Gasteiger charge is -2.22. The largest absolute Gasteiger partial charge is 0.389 e. The van der Waals surface area contributed by atoms with Crippen LogP contribution < -0.4 is 5.32 Å². The Morgan fingerprint density at radius 2 is 1.89 bits per heavy atom. The maximum atomic E-state index is 9.86. The number of aliphatic hydroxyl groups is 1. The molecule has 2 N–H and O–H groups in total. The summed E-state index contributed by atoms with van der Waals surface area (Å²) >= 11 is 0. The highest BCUT2D eigenvalue weighted by molar-refractivity contribution is 4.78. The number of hydrogen-bond acceptors (Lipinski definition) is 3. The Kier molecular flexibility index (Phi) is 8.67. The molecule has 0 radical (unpaired) electrons. The van der Waals surface area contributed by atoms with Crippen LogP contribution in [0.15, 0.2) is 0 Å². The van der Waals surface area contributed by atoms with Crippen molar-refractivity contribution in [3.8, 4) is 0 Å². The normalized spacial score (nSPS) is 20.1. The Morgan fingerprint density at radius 3 is 2.53 bits per heavy atom. The van der Waals surface area contributed by atoms with Crippen LogP contribution in [0.3, 0.4) is 0 Å². The van der Waals surface area contributed by atoms with Gasteiger partial charge >= 0.3 is 0 Å². The second-order valence-corrected chi connectivity index (χ2v) is 6.51. The third-order valence-corrected chi connectivity index (χ3v) is 4.16. The van der Waals surface area contributed by atoms with Crippen molar-refractivity contribution in [3.63, 3.8) is 0 Å². The predicted molar refractivity (Wildman–Crippen MR) is 80.3 cm³/mol. The molecule has 0 aromatic carbocycles. The van der Waals surface area contributed by atoms with Crippen LogP contribution in [0.5, 0.6) is 0 Å². The van der Waals surface area contributed by atoms with Crippen LogP contribution in [-0.2, 0) is 4.74 Å². The fourth-order valence-corrected chi connectivity index (χ4v) is 2.82. The summed E-state index contributed by atoms with van der Waals surface area (Å²) in [4.78, 5) is 0. The third kappa shape index (κ3) is 7.91. The molecule has 0 amide bonds. The number of hydrogen-bond donors (Lipinski definition) is 2. The first-order chi connectivity index (χ1) is 9.09. The van der Waals surface area contributed by atoms with Gasteiger partial charge in [-0.3, -0.25) is 0 Å². The molecule has 1 aliphatic rings. The molecule has 3 nitrogen and oxygen atoms in total. The average molecular weight is 271 g/mol. The topological polar surface area (TPSA) is 41.5 Å². The standard InChI is InChI=1S/C16H33NO2/c1-13(2)7-6-10-19-12-16(18)11-17-14(3)15-8-4-5-9-15/h13-18H,4-12H2,1-3H3/t14-,16?/m1/s1. The number of rotatable bonds is 10. The van der Waals surface area contributed by atoms with E-state index in [0.717, 1.165) is 24.9 Å². The first-order valence-corrected chi connectivity index (χ1v) is 8.08. The molecule has 1 fully saturated rings. The molecule has 1 saturated carbocycles. The molecule has 114 valence electrons. The highest BCUT2D eigenvalue weighted by Gasteiger charge is 2.21. The van der Waals surface area contributed by atoms with Crippen molar-refractivity contribution in [2.45, 2.75) is 71.4 Å². The summed E-state index contributed by atoms with van der Waals surface area (Å²) in [6.07, 6.45) is 7.36. The van der Waals surface area contributed by atoms with Crippen molar-refractivity contribution in [2.24, 2.45) is 11.8 Å². The SMILES string of the molecule is CC(C)CCCOCC(O)CN[C@H](C)C1CCCC1. The second-order valence-electron chi connectivity index (χ2n) is 6.51. The Bertz CT molecular complexity index is 215. The summed E-state index contributed by atoms with van der Waals surface area (Å²) in [7, 11) is 0. The van der Waals surface area contributed by atoms with Gasteiger partial charge in [0, 0.05) is 19.2 Å². The lowest BCUT2D eigenvalue weighted by atomic mass is 10.00. The smallest absolute Gasteiger partial charge is 0.0897 e. The van der Waals surface area contributed by atoms with Gasteiger partial charge in [0.1, 0.15) is 0 Å². The Balaban J connectivity index is 1.96. The zero-order valence-corrected chi connectivity index (χ0v) is 13.0. The number of aliphatic hydroxyl groups excluding tert-OH is 1. The minimum absolute atomic E-state index is 0.372. The van der Waals surface area contributed by atoms with Crippen LogP contribution in [0.2, 0.25) is 0 Å². The maximum Gasteiger partial charge on any atom is 0.0897 e. The van der Waals surface area contributed by atoms with Crippen molar-refractivity contribution in [1.82, 2.24) is 5.32 Å². The van der Waals surface area contributed by atoms with Gasteiger partial charge in [-0.15, -0.1) is 0 Å². The van der Waals surface area contributed by atoms with Crippen LogP contribution in [-0.4, -0.2) is 37.0 Å². The minimum atomic E-state index is -0.372. The van der Waals surface area contributed by atoms with Crippen molar-refractivity contribution >= 4 is 0 Å². The summed E-state index contributed by atoms with van der Waals surface area (Å²) in [6, 6.07) is 0.526. The quantitative estimate of drug-likeness (QED) is 0.600.